The molecule has 2 N–H and O–H groups in total. The highest BCUT2D eigenvalue weighted by atomic mass is 32.2. The van der Waals surface area contributed by atoms with Gasteiger partial charge in [-0.25, -0.2) is 0 Å². The fraction of sp³-hybridized carbons (Fsp3) is 0.500. The van der Waals surface area contributed by atoms with E-state index >= 15 is 0 Å². The van der Waals surface area contributed by atoms with Crippen molar-refractivity contribution in [3.8, 4) is 0 Å². The Morgan fingerprint density at radius 3 is 2.27 bits per heavy atom. The van der Waals surface area contributed by atoms with Gasteiger partial charge in [0.25, 0.3) is 0 Å². The third kappa shape index (κ3) is 3.76. The molecule has 0 aliphatic rings. The average molecular weight is 225 g/mol. The van der Waals surface area contributed by atoms with E-state index in [0.29, 0.717) is 12.3 Å². The Labute approximate surface area is 94.3 Å². The Morgan fingerprint density at radius 1 is 1.27 bits per heavy atom. The van der Waals surface area contributed by atoms with Crippen LogP contribution in [0.2, 0.25) is 0 Å². The molecule has 0 heterocycles. The van der Waals surface area contributed by atoms with Crippen molar-refractivity contribution in [3.05, 3.63) is 35.4 Å². The first-order chi connectivity index (χ1) is 7.17. The van der Waals surface area contributed by atoms with Gasteiger partial charge in [0.15, 0.2) is 0 Å². The maximum atomic E-state index is 11.7. The molecular weight excluding hydrogens is 206 g/mol. The van der Waals surface area contributed by atoms with E-state index in [1.807, 2.05) is 6.92 Å². The summed E-state index contributed by atoms with van der Waals surface area (Å²) in [5.74, 6) is 0.613. The van der Waals surface area contributed by atoms with Crippen molar-refractivity contribution in [2.75, 3.05) is 6.54 Å². The van der Waals surface area contributed by atoms with Gasteiger partial charge in [0.2, 0.25) is 0 Å². The molecule has 0 spiro atoms. The monoisotopic (exact) mass is 225 g/mol. The summed E-state index contributed by atoms with van der Waals surface area (Å²) in [6.45, 7) is 4.54. The zero-order chi connectivity index (χ0) is 11.3. The van der Waals surface area contributed by atoms with Crippen molar-refractivity contribution in [3.63, 3.8) is 0 Å². The Kier molecular flexibility index (Phi) is 4.99. The van der Waals surface area contributed by atoms with E-state index in [2.05, 4.69) is 31.2 Å². The van der Waals surface area contributed by atoms with E-state index < -0.39 is 10.8 Å². The molecule has 0 saturated heterocycles. The molecule has 1 aromatic rings. The SMILES string of the molecule is CCc1ccc(CS(=O)C(C)CN)cc1. The Morgan fingerprint density at radius 2 is 1.80 bits per heavy atom. The number of benzene rings is 1. The van der Waals surface area contributed by atoms with Crippen LogP contribution in [0.15, 0.2) is 24.3 Å². The molecule has 0 fully saturated rings. The first-order valence-electron chi connectivity index (χ1n) is 5.32. The van der Waals surface area contributed by atoms with Crippen LogP contribution in [-0.2, 0) is 23.0 Å². The van der Waals surface area contributed by atoms with Gasteiger partial charge in [-0.15, -0.1) is 0 Å². The highest BCUT2D eigenvalue weighted by Crippen LogP contribution is 2.09. The molecule has 2 nitrogen and oxygen atoms in total. The van der Waals surface area contributed by atoms with Crippen molar-refractivity contribution in [1.29, 1.82) is 0 Å². The highest BCUT2D eigenvalue weighted by molar-refractivity contribution is 7.84. The molecule has 2 unspecified atom stereocenters. The van der Waals surface area contributed by atoms with Gasteiger partial charge in [0.1, 0.15) is 0 Å². The standard InChI is InChI=1S/C12H19NOS/c1-3-11-4-6-12(7-5-11)9-15(14)10(2)8-13/h4-7,10H,3,8-9,13H2,1-2H3. The van der Waals surface area contributed by atoms with E-state index in [9.17, 15) is 4.21 Å². The topological polar surface area (TPSA) is 43.1 Å². The Bertz CT molecular complexity index is 321. The molecule has 0 aromatic heterocycles. The maximum Gasteiger partial charge on any atom is 0.0488 e. The van der Waals surface area contributed by atoms with E-state index in [4.69, 9.17) is 5.73 Å². The van der Waals surface area contributed by atoms with Crippen LogP contribution in [0.4, 0.5) is 0 Å². The highest BCUT2D eigenvalue weighted by Gasteiger charge is 2.09. The molecule has 0 aliphatic heterocycles. The van der Waals surface area contributed by atoms with E-state index in [1.165, 1.54) is 5.56 Å². The molecule has 3 heteroatoms. The smallest absolute Gasteiger partial charge is 0.0488 e. The predicted octanol–water partition coefficient (Wildman–Crippen LogP) is 1.84. The molecule has 15 heavy (non-hydrogen) atoms. The van der Waals surface area contributed by atoms with Crippen molar-refractivity contribution >= 4 is 10.8 Å². The molecule has 2 atom stereocenters. The molecular formula is C12H19NOS. The lowest BCUT2D eigenvalue weighted by Crippen LogP contribution is -2.22. The Balaban J connectivity index is 2.61. The van der Waals surface area contributed by atoms with Crippen LogP contribution in [0.5, 0.6) is 0 Å². The zero-order valence-corrected chi connectivity index (χ0v) is 10.2. The molecule has 0 saturated carbocycles. The van der Waals surface area contributed by atoms with Gasteiger partial charge in [-0.1, -0.05) is 31.2 Å². The second kappa shape index (κ2) is 6.03. The summed E-state index contributed by atoms with van der Waals surface area (Å²) in [6.07, 6.45) is 1.04. The number of nitrogens with two attached hydrogens (primary N) is 1. The van der Waals surface area contributed by atoms with Gasteiger partial charge in [0, 0.05) is 28.3 Å². The van der Waals surface area contributed by atoms with Gasteiger partial charge >= 0.3 is 0 Å². The summed E-state index contributed by atoms with van der Waals surface area (Å²) in [6, 6.07) is 8.30. The van der Waals surface area contributed by atoms with E-state index in [1.54, 1.807) is 0 Å². The lowest BCUT2D eigenvalue weighted by Gasteiger charge is -2.08. The fourth-order valence-corrected chi connectivity index (χ4v) is 2.31. The van der Waals surface area contributed by atoms with Crippen LogP contribution in [0.3, 0.4) is 0 Å². The molecule has 84 valence electrons. The summed E-state index contributed by atoms with van der Waals surface area (Å²) in [7, 11) is -0.849. The number of hydrogen-bond acceptors (Lipinski definition) is 2. The third-order valence-corrected chi connectivity index (χ3v) is 4.23. The third-order valence-electron chi connectivity index (χ3n) is 2.52. The predicted molar refractivity (Wildman–Crippen MR) is 66.2 cm³/mol. The lowest BCUT2D eigenvalue weighted by atomic mass is 10.1. The summed E-state index contributed by atoms with van der Waals surface area (Å²) >= 11 is 0. The average Bonchev–Trinajstić information content (AvgIpc) is 2.29. The quantitative estimate of drug-likeness (QED) is 0.831. The zero-order valence-electron chi connectivity index (χ0n) is 9.40. The van der Waals surface area contributed by atoms with E-state index in [-0.39, 0.29) is 5.25 Å². The van der Waals surface area contributed by atoms with Crippen molar-refractivity contribution in [2.45, 2.75) is 31.3 Å². The van der Waals surface area contributed by atoms with E-state index in [0.717, 1.165) is 12.0 Å². The molecule has 0 aliphatic carbocycles. The number of rotatable bonds is 5. The first kappa shape index (κ1) is 12.4. The minimum absolute atomic E-state index is 0.0795. The van der Waals surface area contributed by atoms with Gasteiger partial charge < -0.3 is 5.73 Å². The van der Waals surface area contributed by atoms with Gasteiger partial charge in [-0.3, -0.25) is 4.21 Å². The van der Waals surface area contributed by atoms with Gasteiger partial charge in [0.05, 0.1) is 0 Å². The molecule has 0 radical (unpaired) electrons. The normalized spacial score (nSPS) is 14.9. The van der Waals surface area contributed by atoms with Crippen LogP contribution in [0.25, 0.3) is 0 Å². The Hall–Kier alpha value is -0.670. The van der Waals surface area contributed by atoms with Crippen molar-refractivity contribution < 1.29 is 4.21 Å². The second-order valence-electron chi connectivity index (χ2n) is 3.74. The molecule has 0 amide bonds. The number of aryl methyl sites for hydroxylation is 1. The summed E-state index contributed by atoms with van der Waals surface area (Å²) in [5, 5.41) is 0.0795. The maximum absolute atomic E-state index is 11.7. The largest absolute Gasteiger partial charge is 0.329 e. The first-order valence-corrected chi connectivity index (χ1v) is 6.70. The minimum Gasteiger partial charge on any atom is -0.329 e. The van der Waals surface area contributed by atoms with Crippen LogP contribution < -0.4 is 5.73 Å². The van der Waals surface area contributed by atoms with Gasteiger partial charge in [-0.05, 0) is 24.5 Å². The summed E-state index contributed by atoms with van der Waals surface area (Å²) < 4.78 is 11.7. The molecule has 1 rings (SSSR count). The van der Waals surface area contributed by atoms with Crippen molar-refractivity contribution in [2.24, 2.45) is 5.73 Å². The van der Waals surface area contributed by atoms with Crippen LogP contribution >= 0.6 is 0 Å². The van der Waals surface area contributed by atoms with Crippen LogP contribution in [-0.4, -0.2) is 16.0 Å². The van der Waals surface area contributed by atoms with Crippen molar-refractivity contribution in [1.82, 2.24) is 0 Å². The van der Waals surface area contributed by atoms with Gasteiger partial charge in [-0.2, -0.15) is 0 Å². The molecule has 0 bridgehead atoms. The van der Waals surface area contributed by atoms with Crippen LogP contribution in [0.1, 0.15) is 25.0 Å². The fourth-order valence-electron chi connectivity index (χ4n) is 1.29. The second-order valence-corrected chi connectivity index (χ2v) is 5.60. The molecule has 1 aromatic carbocycles. The lowest BCUT2D eigenvalue weighted by molar-refractivity contribution is 0.672. The number of hydrogen-bond donors (Lipinski definition) is 1. The summed E-state index contributed by atoms with van der Waals surface area (Å²) in [4.78, 5) is 0. The summed E-state index contributed by atoms with van der Waals surface area (Å²) in [5.41, 5.74) is 7.93. The van der Waals surface area contributed by atoms with Crippen LogP contribution in [0, 0.1) is 0 Å². The minimum atomic E-state index is -0.849.